The Hall–Kier alpha value is -0.610. The smallest absolute Gasteiger partial charge is 0.311 e. The third-order valence-electron chi connectivity index (χ3n) is 1.69. The molecule has 0 bridgehead atoms. The summed E-state index contributed by atoms with van der Waals surface area (Å²) in [6.07, 6.45) is -0.685. The fourth-order valence-electron chi connectivity index (χ4n) is 0.880. The van der Waals surface area contributed by atoms with Gasteiger partial charge in [-0.05, 0) is 13.8 Å². The Bertz CT molecular complexity index is 153. The second-order valence-corrected chi connectivity index (χ2v) is 3.27. The minimum absolute atomic E-state index is 0.232. The minimum atomic E-state index is -0.918. The second kappa shape index (κ2) is 4.42. The van der Waals surface area contributed by atoms with Crippen LogP contribution in [0.15, 0.2) is 0 Å². The molecule has 0 radical (unpaired) electrons. The number of carbonyl (C=O) groups excluding carboxylic acids is 1. The molecule has 0 saturated carbocycles. The summed E-state index contributed by atoms with van der Waals surface area (Å²) in [6.45, 7) is 3.39. The highest BCUT2D eigenvalue weighted by Crippen LogP contribution is 2.23. The Morgan fingerprint density at radius 1 is 1.50 bits per heavy atom. The average Bonchev–Trinajstić information content (AvgIpc) is 2.02. The van der Waals surface area contributed by atoms with Gasteiger partial charge in [-0.25, -0.2) is 0 Å². The van der Waals surface area contributed by atoms with Gasteiger partial charge in [0.05, 0.1) is 12.5 Å². The van der Waals surface area contributed by atoms with Crippen molar-refractivity contribution in [1.82, 2.24) is 0 Å². The summed E-state index contributed by atoms with van der Waals surface area (Å²) in [5.74, 6) is -0.349. The molecule has 1 unspecified atom stereocenters. The van der Waals surface area contributed by atoms with Gasteiger partial charge in [0.1, 0.15) is 0 Å². The molecule has 1 N–H and O–H groups in total. The minimum Gasteiger partial charge on any atom is -0.469 e. The molecule has 72 valence electrons. The summed E-state index contributed by atoms with van der Waals surface area (Å²) < 4.78 is 9.18. The van der Waals surface area contributed by atoms with E-state index in [-0.39, 0.29) is 12.4 Å². The standard InChI is InChI=1S/C8H16O4/c1-8(2,7(10)12-4)5-6(9)11-3/h6,9H,5H2,1-4H3. The van der Waals surface area contributed by atoms with E-state index in [9.17, 15) is 4.79 Å². The molecule has 0 fully saturated rings. The molecular formula is C8H16O4. The Morgan fingerprint density at radius 2 is 2.00 bits per heavy atom. The van der Waals surface area contributed by atoms with Crippen LogP contribution in [0.3, 0.4) is 0 Å². The van der Waals surface area contributed by atoms with Crippen LogP contribution in [0.5, 0.6) is 0 Å². The molecule has 0 aliphatic carbocycles. The lowest BCUT2D eigenvalue weighted by atomic mass is 9.89. The Balaban J connectivity index is 4.11. The van der Waals surface area contributed by atoms with E-state index < -0.39 is 11.7 Å². The van der Waals surface area contributed by atoms with E-state index in [1.807, 2.05) is 0 Å². The molecular weight excluding hydrogens is 160 g/mol. The van der Waals surface area contributed by atoms with Crippen molar-refractivity contribution in [2.24, 2.45) is 5.41 Å². The predicted molar refractivity (Wildman–Crippen MR) is 43.4 cm³/mol. The monoisotopic (exact) mass is 176 g/mol. The fraction of sp³-hybridized carbons (Fsp3) is 0.875. The number of rotatable bonds is 4. The van der Waals surface area contributed by atoms with Gasteiger partial charge < -0.3 is 14.6 Å². The number of hydrogen-bond acceptors (Lipinski definition) is 4. The van der Waals surface area contributed by atoms with E-state index in [1.165, 1.54) is 14.2 Å². The van der Waals surface area contributed by atoms with Crippen LogP contribution >= 0.6 is 0 Å². The second-order valence-electron chi connectivity index (χ2n) is 3.27. The van der Waals surface area contributed by atoms with Crippen LogP contribution in [0.1, 0.15) is 20.3 Å². The van der Waals surface area contributed by atoms with Gasteiger partial charge in [0, 0.05) is 13.5 Å². The zero-order valence-electron chi connectivity index (χ0n) is 7.96. The lowest BCUT2D eigenvalue weighted by Crippen LogP contribution is -2.30. The summed E-state index contributed by atoms with van der Waals surface area (Å²) >= 11 is 0. The van der Waals surface area contributed by atoms with E-state index in [2.05, 4.69) is 9.47 Å². The van der Waals surface area contributed by atoms with Crippen LogP contribution in [-0.4, -0.2) is 31.6 Å². The van der Waals surface area contributed by atoms with Crippen LogP contribution in [0, 0.1) is 5.41 Å². The zero-order chi connectivity index (χ0) is 9.78. The highest BCUT2D eigenvalue weighted by atomic mass is 16.6. The maximum atomic E-state index is 11.1. The maximum absolute atomic E-state index is 11.1. The molecule has 1 atom stereocenters. The molecule has 4 nitrogen and oxygen atoms in total. The van der Waals surface area contributed by atoms with Crippen LogP contribution in [0.2, 0.25) is 0 Å². The predicted octanol–water partition coefficient (Wildman–Crippen LogP) is 0.540. The zero-order valence-corrected chi connectivity index (χ0v) is 7.96. The van der Waals surface area contributed by atoms with Crippen molar-refractivity contribution in [3.63, 3.8) is 0 Å². The summed E-state index contributed by atoms with van der Waals surface area (Å²) in [5, 5.41) is 9.11. The van der Waals surface area contributed by atoms with Gasteiger partial charge in [0.15, 0.2) is 6.29 Å². The summed E-state index contributed by atoms with van der Waals surface area (Å²) in [6, 6.07) is 0. The van der Waals surface area contributed by atoms with E-state index in [1.54, 1.807) is 13.8 Å². The lowest BCUT2D eigenvalue weighted by molar-refractivity contribution is -0.159. The van der Waals surface area contributed by atoms with Crippen molar-refractivity contribution in [2.45, 2.75) is 26.6 Å². The molecule has 0 spiro atoms. The first kappa shape index (κ1) is 11.4. The van der Waals surface area contributed by atoms with Gasteiger partial charge in [0.25, 0.3) is 0 Å². The first-order chi connectivity index (χ1) is 5.44. The largest absolute Gasteiger partial charge is 0.469 e. The molecule has 0 saturated heterocycles. The highest BCUT2D eigenvalue weighted by molar-refractivity contribution is 5.75. The van der Waals surface area contributed by atoms with E-state index in [0.29, 0.717) is 0 Å². The molecule has 0 aliphatic heterocycles. The number of aliphatic hydroxyl groups excluding tert-OH is 1. The number of methoxy groups -OCH3 is 2. The molecule has 0 rings (SSSR count). The van der Waals surface area contributed by atoms with Crippen molar-refractivity contribution in [1.29, 1.82) is 0 Å². The summed E-state index contributed by atoms with van der Waals surface area (Å²) in [4.78, 5) is 11.1. The van der Waals surface area contributed by atoms with Crippen molar-refractivity contribution < 1.29 is 19.4 Å². The van der Waals surface area contributed by atoms with Crippen molar-refractivity contribution >= 4 is 5.97 Å². The van der Waals surface area contributed by atoms with Gasteiger partial charge in [0.2, 0.25) is 0 Å². The average molecular weight is 176 g/mol. The first-order valence-electron chi connectivity index (χ1n) is 3.73. The van der Waals surface area contributed by atoms with Gasteiger partial charge in [-0.3, -0.25) is 4.79 Å². The molecule has 0 aromatic rings. The number of hydrogen-bond donors (Lipinski definition) is 1. The SMILES string of the molecule is COC(=O)C(C)(C)CC(O)OC. The van der Waals surface area contributed by atoms with Crippen molar-refractivity contribution in [3.05, 3.63) is 0 Å². The van der Waals surface area contributed by atoms with Gasteiger partial charge in [-0.1, -0.05) is 0 Å². The summed E-state index contributed by atoms with van der Waals surface area (Å²) in [5.41, 5.74) is -0.704. The number of carbonyl (C=O) groups is 1. The normalized spacial score (nSPS) is 14.1. The third-order valence-corrected chi connectivity index (χ3v) is 1.69. The molecule has 0 aromatic carbocycles. The van der Waals surface area contributed by atoms with Crippen LogP contribution in [-0.2, 0) is 14.3 Å². The quantitative estimate of drug-likeness (QED) is 0.501. The van der Waals surface area contributed by atoms with E-state index in [4.69, 9.17) is 5.11 Å². The number of ether oxygens (including phenoxy) is 2. The number of aliphatic hydroxyl groups is 1. The number of esters is 1. The lowest BCUT2D eigenvalue weighted by Gasteiger charge is -2.23. The van der Waals surface area contributed by atoms with Gasteiger partial charge in [-0.15, -0.1) is 0 Å². The molecule has 4 heteroatoms. The van der Waals surface area contributed by atoms with Crippen molar-refractivity contribution in [3.8, 4) is 0 Å². The summed E-state index contributed by atoms with van der Waals surface area (Å²) in [7, 11) is 2.71. The Morgan fingerprint density at radius 3 is 2.33 bits per heavy atom. The molecule has 12 heavy (non-hydrogen) atoms. The molecule has 0 amide bonds. The van der Waals surface area contributed by atoms with Gasteiger partial charge >= 0.3 is 5.97 Å². The molecule has 0 heterocycles. The van der Waals surface area contributed by atoms with E-state index >= 15 is 0 Å². The highest BCUT2D eigenvalue weighted by Gasteiger charge is 2.31. The Labute approximate surface area is 72.5 Å². The topological polar surface area (TPSA) is 55.8 Å². The van der Waals surface area contributed by atoms with Gasteiger partial charge in [-0.2, -0.15) is 0 Å². The van der Waals surface area contributed by atoms with Crippen molar-refractivity contribution in [2.75, 3.05) is 14.2 Å². The molecule has 0 aliphatic rings. The molecule has 0 aromatic heterocycles. The van der Waals surface area contributed by atoms with Crippen LogP contribution in [0.25, 0.3) is 0 Å². The fourth-order valence-corrected chi connectivity index (χ4v) is 0.880. The van der Waals surface area contributed by atoms with Crippen LogP contribution in [0.4, 0.5) is 0 Å². The first-order valence-corrected chi connectivity index (χ1v) is 3.73. The van der Waals surface area contributed by atoms with Crippen LogP contribution < -0.4 is 0 Å². The Kier molecular flexibility index (Phi) is 4.20. The van der Waals surface area contributed by atoms with E-state index in [0.717, 1.165) is 0 Å². The third kappa shape index (κ3) is 3.19. The maximum Gasteiger partial charge on any atom is 0.311 e.